The maximum absolute atomic E-state index is 12.4. The van der Waals surface area contributed by atoms with E-state index >= 15 is 0 Å². The zero-order valence-corrected chi connectivity index (χ0v) is 17.6. The summed E-state index contributed by atoms with van der Waals surface area (Å²) in [6.45, 7) is 6.37. The minimum atomic E-state index is -0.745. The zero-order valence-electron chi connectivity index (χ0n) is 17.6. The van der Waals surface area contributed by atoms with Crippen molar-refractivity contribution in [2.45, 2.75) is 51.7 Å². The van der Waals surface area contributed by atoms with E-state index in [9.17, 15) is 14.4 Å². The molecule has 0 saturated carbocycles. The molecule has 1 atom stereocenters. The van der Waals surface area contributed by atoms with Crippen LogP contribution in [0, 0.1) is 0 Å². The molecule has 30 heavy (non-hydrogen) atoms. The largest absolute Gasteiger partial charge is 0.490 e. The molecule has 0 unspecified atom stereocenters. The monoisotopic (exact) mass is 420 g/mol. The van der Waals surface area contributed by atoms with E-state index in [4.69, 9.17) is 18.9 Å². The molecule has 9 heteroatoms. The standard InChI is InChI=1S/C21H28N2O7/c1-21(2,3)30-20(26)23-9-4-6-15(23)19(25)29-13-18(24)22-14-7-8-16-17(12-14)28-11-5-10-27-16/h7-8,12,15H,4-6,9-11,13H2,1-3H3,(H,22,24)/t15-/m0/s1. The number of hydrogen-bond acceptors (Lipinski definition) is 7. The van der Waals surface area contributed by atoms with E-state index in [-0.39, 0.29) is 0 Å². The van der Waals surface area contributed by atoms with Crippen LogP contribution in [0.25, 0.3) is 0 Å². The van der Waals surface area contributed by atoms with E-state index in [0.29, 0.717) is 49.8 Å². The van der Waals surface area contributed by atoms with Gasteiger partial charge < -0.3 is 24.3 Å². The Morgan fingerprint density at radius 2 is 1.87 bits per heavy atom. The Hall–Kier alpha value is -2.97. The smallest absolute Gasteiger partial charge is 0.411 e. The fraction of sp³-hybridized carbons (Fsp3) is 0.571. The highest BCUT2D eigenvalue weighted by Gasteiger charge is 2.37. The SMILES string of the molecule is CC(C)(C)OC(=O)N1CCC[C@H]1C(=O)OCC(=O)Nc1ccc2c(c1)OCCCO2. The molecule has 2 aliphatic heterocycles. The summed E-state index contributed by atoms with van der Waals surface area (Å²) in [5.41, 5.74) is -0.145. The maximum Gasteiger partial charge on any atom is 0.411 e. The minimum Gasteiger partial charge on any atom is -0.490 e. The summed E-state index contributed by atoms with van der Waals surface area (Å²) in [6, 6.07) is 4.33. The number of likely N-dealkylation sites (tertiary alicyclic amines) is 1. The van der Waals surface area contributed by atoms with Crippen molar-refractivity contribution in [1.82, 2.24) is 4.90 Å². The third kappa shape index (κ3) is 5.77. The number of carbonyl (C=O) groups excluding carboxylic acids is 3. The van der Waals surface area contributed by atoms with E-state index in [1.165, 1.54) is 4.90 Å². The summed E-state index contributed by atoms with van der Waals surface area (Å²) in [4.78, 5) is 38.3. The molecule has 1 N–H and O–H groups in total. The number of ether oxygens (including phenoxy) is 4. The first kappa shape index (κ1) is 21.7. The Kier molecular flexibility index (Phi) is 6.69. The second-order valence-corrected chi connectivity index (χ2v) is 8.20. The normalized spacial score (nSPS) is 18.4. The van der Waals surface area contributed by atoms with Gasteiger partial charge in [-0.25, -0.2) is 9.59 Å². The van der Waals surface area contributed by atoms with E-state index in [1.807, 2.05) is 0 Å². The number of hydrogen-bond donors (Lipinski definition) is 1. The molecule has 2 aliphatic rings. The second-order valence-electron chi connectivity index (χ2n) is 8.20. The highest BCUT2D eigenvalue weighted by Crippen LogP contribution is 2.32. The summed E-state index contributed by atoms with van der Waals surface area (Å²) in [5, 5.41) is 2.67. The Bertz CT molecular complexity index is 803. The van der Waals surface area contributed by atoms with Crippen LogP contribution >= 0.6 is 0 Å². The van der Waals surface area contributed by atoms with Gasteiger partial charge in [-0.1, -0.05) is 0 Å². The molecule has 0 aromatic heterocycles. The van der Waals surface area contributed by atoms with Crippen molar-refractivity contribution in [3.05, 3.63) is 18.2 Å². The Morgan fingerprint density at radius 1 is 1.13 bits per heavy atom. The molecule has 3 rings (SSSR count). The lowest BCUT2D eigenvalue weighted by Crippen LogP contribution is -2.44. The quantitative estimate of drug-likeness (QED) is 0.747. The summed E-state index contributed by atoms with van der Waals surface area (Å²) in [6.07, 6.45) is 1.37. The molecule has 0 spiro atoms. The van der Waals surface area contributed by atoms with E-state index in [1.54, 1.807) is 39.0 Å². The van der Waals surface area contributed by atoms with Crippen LogP contribution in [0.1, 0.15) is 40.0 Å². The molecule has 2 amide bonds. The third-order valence-electron chi connectivity index (χ3n) is 4.53. The van der Waals surface area contributed by atoms with Gasteiger partial charge in [-0.05, 0) is 45.7 Å². The van der Waals surface area contributed by atoms with Gasteiger partial charge in [0.15, 0.2) is 18.1 Å². The third-order valence-corrected chi connectivity index (χ3v) is 4.53. The molecule has 1 saturated heterocycles. The van der Waals surface area contributed by atoms with Gasteiger partial charge in [0.2, 0.25) is 0 Å². The zero-order chi connectivity index (χ0) is 21.7. The molecular weight excluding hydrogens is 392 g/mol. The average Bonchev–Trinajstić information content (AvgIpc) is 3.05. The van der Waals surface area contributed by atoms with Gasteiger partial charge in [-0.2, -0.15) is 0 Å². The first-order chi connectivity index (χ1) is 14.2. The van der Waals surface area contributed by atoms with Gasteiger partial charge in [-0.15, -0.1) is 0 Å². The number of anilines is 1. The fourth-order valence-electron chi connectivity index (χ4n) is 3.22. The first-order valence-electron chi connectivity index (χ1n) is 10.1. The number of nitrogens with zero attached hydrogens (tertiary/aromatic N) is 1. The van der Waals surface area contributed by atoms with Crippen LogP contribution in [0.5, 0.6) is 11.5 Å². The number of esters is 1. The van der Waals surface area contributed by atoms with Crippen molar-refractivity contribution in [3.8, 4) is 11.5 Å². The van der Waals surface area contributed by atoms with Crippen LogP contribution in [-0.4, -0.2) is 60.9 Å². The summed E-state index contributed by atoms with van der Waals surface area (Å²) in [5.74, 6) is 0.0773. The van der Waals surface area contributed by atoms with E-state index < -0.39 is 36.2 Å². The van der Waals surface area contributed by atoms with Gasteiger partial charge in [-0.3, -0.25) is 9.69 Å². The second kappa shape index (κ2) is 9.23. The van der Waals surface area contributed by atoms with Crippen molar-refractivity contribution in [1.29, 1.82) is 0 Å². The van der Waals surface area contributed by atoms with Gasteiger partial charge >= 0.3 is 12.1 Å². The lowest BCUT2D eigenvalue weighted by molar-refractivity contribution is -0.151. The van der Waals surface area contributed by atoms with Gasteiger partial charge in [0.1, 0.15) is 11.6 Å². The van der Waals surface area contributed by atoms with Crippen molar-refractivity contribution < 1.29 is 33.3 Å². The molecule has 0 bridgehead atoms. The van der Waals surface area contributed by atoms with Crippen molar-refractivity contribution in [3.63, 3.8) is 0 Å². The molecule has 1 fully saturated rings. The highest BCUT2D eigenvalue weighted by atomic mass is 16.6. The number of amides is 2. The van der Waals surface area contributed by atoms with E-state index in [2.05, 4.69) is 5.32 Å². The number of fused-ring (bicyclic) bond motifs is 1. The minimum absolute atomic E-state index is 0.415. The predicted octanol–water partition coefficient (Wildman–Crippen LogP) is 2.73. The lowest BCUT2D eigenvalue weighted by atomic mass is 10.2. The molecule has 9 nitrogen and oxygen atoms in total. The molecule has 1 aromatic carbocycles. The summed E-state index contributed by atoms with van der Waals surface area (Å²) < 4.78 is 21.6. The topological polar surface area (TPSA) is 103 Å². The van der Waals surface area contributed by atoms with E-state index in [0.717, 1.165) is 6.42 Å². The Balaban J connectivity index is 1.51. The summed E-state index contributed by atoms with van der Waals surface area (Å²) in [7, 11) is 0. The van der Waals surface area contributed by atoms with Crippen LogP contribution in [0.3, 0.4) is 0 Å². The molecule has 1 aromatic rings. The van der Waals surface area contributed by atoms with Gasteiger partial charge in [0, 0.05) is 24.7 Å². The van der Waals surface area contributed by atoms with Crippen LogP contribution in [0.4, 0.5) is 10.5 Å². The molecule has 2 heterocycles. The fourth-order valence-corrected chi connectivity index (χ4v) is 3.22. The van der Waals surface area contributed by atoms with Crippen LogP contribution in [0.15, 0.2) is 18.2 Å². The van der Waals surface area contributed by atoms with Gasteiger partial charge in [0.25, 0.3) is 5.91 Å². The number of nitrogens with one attached hydrogen (secondary N) is 1. The highest BCUT2D eigenvalue weighted by molar-refractivity contribution is 5.93. The Labute approximate surface area is 175 Å². The van der Waals surface area contributed by atoms with Crippen molar-refractivity contribution >= 4 is 23.7 Å². The molecule has 164 valence electrons. The number of benzene rings is 1. The Morgan fingerprint density at radius 3 is 2.60 bits per heavy atom. The lowest BCUT2D eigenvalue weighted by Gasteiger charge is -2.27. The van der Waals surface area contributed by atoms with Crippen LogP contribution in [-0.2, 0) is 19.1 Å². The van der Waals surface area contributed by atoms with Crippen molar-refractivity contribution in [2.24, 2.45) is 0 Å². The average molecular weight is 420 g/mol. The first-order valence-corrected chi connectivity index (χ1v) is 10.1. The molecule has 0 radical (unpaired) electrons. The molecular formula is C21H28N2O7. The summed E-state index contributed by atoms with van der Waals surface area (Å²) >= 11 is 0. The van der Waals surface area contributed by atoms with Crippen LogP contribution in [0.2, 0.25) is 0 Å². The van der Waals surface area contributed by atoms with Gasteiger partial charge in [0.05, 0.1) is 13.2 Å². The number of carbonyl (C=O) groups is 3. The van der Waals surface area contributed by atoms with Crippen molar-refractivity contribution in [2.75, 3.05) is 31.7 Å². The molecule has 0 aliphatic carbocycles. The number of rotatable bonds is 4. The van der Waals surface area contributed by atoms with Crippen LogP contribution < -0.4 is 14.8 Å². The maximum atomic E-state index is 12.4. The predicted molar refractivity (Wildman–Crippen MR) is 108 cm³/mol.